The molecule has 3 aromatic carbocycles. The molecule has 1 aromatic heterocycles. The van der Waals surface area contributed by atoms with E-state index in [1.165, 1.54) is 4.90 Å². The number of carbonyl (C=O) groups is 2. The molecule has 3 heterocycles. The quantitative estimate of drug-likeness (QED) is 0.223. The molecule has 1 unspecified atom stereocenters. The summed E-state index contributed by atoms with van der Waals surface area (Å²) in [5, 5.41) is 12.5. The summed E-state index contributed by atoms with van der Waals surface area (Å²) in [7, 11) is 1.95. The van der Waals surface area contributed by atoms with Crippen LogP contribution < -0.4 is 19.3 Å². The van der Waals surface area contributed by atoms with Gasteiger partial charge < -0.3 is 24.5 Å². The number of likely N-dealkylation sites (N-methyl/N-ethyl adjacent to an activating group) is 1. The lowest BCUT2D eigenvalue weighted by Gasteiger charge is -2.28. The minimum absolute atomic E-state index is 0.0286. The number of aliphatic hydroxyl groups is 1. The largest absolute Gasteiger partial charge is 0.507 e. The summed E-state index contributed by atoms with van der Waals surface area (Å²) in [5.41, 5.74) is 3.35. The summed E-state index contributed by atoms with van der Waals surface area (Å²) in [6.07, 6.45) is 1.79. The highest BCUT2D eigenvalue weighted by molar-refractivity contribution is 6.52. The zero-order valence-electron chi connectivity index (χ0n) is 21.1. The Labute approximate surface area is 219 Å². The lowest BCUT2D eigenvalue weighted by Crippen LogP contribution is -2.29. The van der Waals surface area contributed by atoms with Crippen LogP contribution in [0.1, 0.15) is 24.1 Å². The predicted octanol–water partition coefficient (Wildman–Crippen LogP) is 5.02. The lowest BCUT2D eigenvalue weighted by molar-refractivity contribution is -0.132. The number of amides is 1. The van der Waals surface area contributed by atoms with Crippen molar-refractivity contribution in [2.45, 2.75) is 13.0 Å². The van der Waals surface area contributed by atoms with Crippen LogP contribution in [0.3, 0.4) is 0 Å². The molecule has 0 bridgehead atoms. The number of aromatic nitrogens is 1. The molecule has 2 aliphatic heterocycles. The van der Waals surface area contributed by atoms with Gasteiger partial charge in [-0.15, -0.1) is 0 Å². The molecule has 6 rings (SSSR count). The van der Waals surface area contributed by atoms with Crippen molar-refractivity contribution < 1.29 is 24.2 Å². The van der Waals surface area contributed by atoms with Crippen molar-refractivity contribution in [2.24, 2.45) is 0 Å². The molecule has 0 radical (unpaired) electrons. The highest BCUT2D eigenvalue weighted by atomic mass is 16.5. The van der Waals surface area contributed by atoms with Gasteiger partial charge >= 0.3 is 0 Å². The monoisotopic (exact) mass is 509 g/mol. The average Bonchev–Trinajstić information content (AvgIpc) is 3.47. The minimum Gasteiger partial charge on any atom is -0.507 e. The molecule has 0 aliphatic carbocycles. The number of rotatable bonds is 5. The van der Waals surface area contributed by atoms with Crippen LogP contribution in [0.4, 0.5) is 11.4 Å². The van der Waals surface area contributed by atoms with Gasteiger partial charge in [-0.3, -0.25) is 14.5 Å². The molecular weight excluding hydrogens is 482 g/mol. The molecule has 0 saturated carbocycles. The molecule has 0 spiro atoms. The molecule has 2 aliphatic rings. The number of benzene rings is 3. The fraction of sp³-hybridized carbons (Fsp3) is 0.200. The van der Waals surface area contributed by atoms with E-state index in [0.29, 0.717) is 48.1 Å². The van der Waals surface area contributed by atoms with Gasteiger partial charge in [0.2, 0.25) is 0 Å². The zero-order valence-corrected chi connectivity index (χ0v) is 21.1. The van der Waals surface area contributed by atoms with E-state index >= 15 is 0 Å². The second kappa shape index (κ2) is 9.30. The van der Waals surface area contributed by atoms with E-state index in [1.54, 1.807) is 48.7 Å². The van der Waals surface area contributed by atoms with E-state index in [4.69, 9.17) is 9.47 Å². The molecule has 2 N–H and O–H groups in total. The average molecular weight is 510 g/mol. The number of aliphatic hydroxyl groups excluding tert-OH is 1. The van der Waals surface area contributed by atoms with Crippen LogP contribution in [-0.2, 0) is 9.59 Å². The molecule has 4 aromatic rings. The maximum absolute atomic E-state index is 13.6. The summed E-state index contributed by atoms with van der Waals surface area (Å²) >= 11 is 0. The first kappa shape index (κ1) is 23.7. The Bertz CT molecular complexity index is 1600. The molecule has 38 heavy (non-hydrogen) atoms. The van der Waals surface area contributed by atoms with Crippen LogP contribution in [0.25, 0.3) is 16.7 Å². The fourth-order valence-electron chi connectivity index (χ4n) is 5.26. The molecule has 1 fully saturated rings. The second-order valence-corrected chi connectivity index (χ2v) is 9.34. The van der Waals surface area contributed by atoms with Crippen LogP contribution in [0.15, 0.2) is 78.5 Å². The van der Waals surface area contributed by atoms with Gasteiger partial charge in [0.15, 0.2) is 0 Å². The van der Waals surface area contributed by atoms with Crippen LogP contribution in [0, 0.1) is 0 Å². The Kier molecular flexibility index (Phi) is 5.79. The number of nitrogens with one attached hydrogen (secondary N) is 1. The summed E-state index contributed by atoms with van der Waals surface area (Å²) in [6.45, 7) is 3.62. The van der Waals surface area contributed by atoms with Crippen molar-refractivity contribution >= 4 is 39.7 Å². The van der Waals surface area contributed by atoms with E-state index in [9.17, 15) is 14.7 Å². The van der Waals surface area contributed by atoms with Gasteiger partial charge in [0.25, 0.3) is 11.7 Å². The molecule has 1 atom stereocenters. The third kappa shape index (κ3) is 3.76. The Morgan fingerprint density at radius 3 is 2.79 bits per heavy atom. The first-order valence-electron chi connectivity index (χ1n) is 12.6. The van der Waals surface area contributed by atoms with Gasteiger partial charge in [0.05, 0.1) is 30.5 Å². The van der Waals surface area contributed by atoms with E-state index in [-0.39, 0.29) is 11.3 Å². The van der Waals surface area contributed by atoms with Crippen LogP contribution in [-0.4, -0.2) is 48.6 Å². The van der Waals surface area contributed by atoms with E-state index in [1.807, 2.05) is 43.1 Å². The van der Waals surface area contributed by atoms with Crippen LogP contribution in [0.5, 0.6) is 11.5 Å². The number of hydrogen-bond acceptors (Lipinski definition) is 6. The summed E-state index contributed by atoms with van der Waals surface area (Å²) in [5.74, 6) is -0.404. The fourth-order valence-corrected chi connectivity index (χ4v) is 5.26. The maximum atomic E-state index is 13.6. The number of carbonyl (C=O) groups excluding carboxylic acids is 2. The van der Waals surface area contributed by atoms with Crippen LogP contribution in [0.2, 0.25) is 0 Å². The maximum Gasteiger partial charge on any atom is 0.300 e. The first-order chi connectivity index (χ1) is 18.5. The molecule has 1 amide bonds. The third-order valence-corrected chi connectivity index (χ3v) is 7.09. The number of fused-ring (bicyclic) bond motifs is 2. The van der Waals surface area contributed by atoms with Gasteiger partial charge in [-0.25, -0.2) is 0 Å². The van der Waals surface area contributed by atoms with Crippen molar-refractivity contribution in [1.82, 2.24) is 4.98 Å². The first-order valence-corrected chi connectivity index (χ1v) is 12.6. The van der Waals surface area contributed by atoms with Gasteiger partial charge in [0, 0.05) is 47.0 Å². The highest BCUT2D eigenvalue weighted by Crippen LogP contribution is 2.45. The molecular formula is C30H27N3O5. The number of ether oxygens (including phenoxy) is 2. The number of aromatic amines is 1. The van der Waals surface area contributed by atoms with Crippen molar-refractivity contribution in [3.63, 3.8) is 0 Å². The Morgan fingerprint density at radius 1 is 1.11 bits per heavy atom. The highest BCUT2D eigenvalue weighted by Gasteiger charge is 2.48. The summed E-state index contributed by atoms with van der Waals surface area (Å²) in [6, 6.07) is 19.2. The normalized spacial score (nSPS) is 18.5. The van der Waals surface area contributed by atoms with Gasteiger partial charge in [0.1, 0.15) is 23.9 Å². The van der Waals surface area contributed by atoms with Gasteiger partial charge in [-0.2, -0.15) is 0 Å². The summed E-state index contributed by atoms with van der Waals surface area (Å²) in [4.78, 5) is 33.9. The molecule has 8 heteroatoms. The van der Waals surface area contributed by atoms with Crippen molar-refractivity contribution in [2.75, 3.05) is 36.6 Å². The van der Waals surface area contributed by atoms with E-state index < -0.39 is 17.7 Å². The number of anilines is 2. The Hall–Kier alpha value is -4.72. The Balaban J connectivity index is 1.56. The van der Waals surface area contributed by atoms with E-state index in [2.05, 4.69) is 4.98 Å². The predicted molar refractivity (Wildman–Crippen MR) is 146 cm³/mol. The lowest BCUT2D eigenvalue weighted by atomic mass is 9.94. The minimum atomic E-state index is -0.854. The topological polar surface area (TPSA) is 95.1 Å². The number of para-hydroxylation sites is 1. The zero-order chi connectivity index (χ0) is 26.4. The van der Waals surface area contributed by atoms with Crippen molar-refractivity contribution in [1.29, 1.82) is 0 Å². The number of ketones is 1. The molecule has 192 valence electrons. The van der Waals surface area contributed by atoms with Gasteiger partial charge in [-0.05, 0) is 43.3 Å². The number of H-pyrrole nitrogens is 1. The number of nitrogens with zero attached hydrogens (tertiary/aromatic N) is 2. The molecule has 1 saturated heterocycles. The smallest absolute Gasteiger partial charge is 0.300 e. The SMILES string of the molecule is CCOc1cccc(N2C(=O)C(=O)/C(=C(/O)c3ccc4c(c3)N(C)CCO4)C2c2c[nH]c3ccccc23)c1. The van der Waals surface area contributed by atoms with Gasteiger partial charge in [-0.1, -0.05) is 24.3 Å². The standard InChI is InChI=1S/C30H27N3O5/c1-3-37-20-8-6-7-19(16-20)33-27(22-17-31-23-10-5-4-9-21(22)23)26(29(35)30(33)36)28(34)18-11-12-25-24(15-18)32(2)13-14-38-25/h4-12,15-17,27,31,34H,3,13-14H2,1-2H3/b28-26+. The third-order valence-electron chi connectivity index (χ3n) is 7.09. The van der Waals surface area contributed by atoms with Crippen molar-refractivity contribution in [3.8, 4) is 11.5 Å². The van der Waals surface area contributed by atoms with Crippen LogP contribution >= 0.6 is 0 Å². The Morgan fingerprint density at radius 2 is 1.95 bits per heavy atom. The molecule has 8 nitrogen and oxygen atoms in total. The number of hydrogen-bond donors (Lipinski definition) is 2. The van der Waals surface area contributed by atoms with Crippen molar-refractivity contribution in [3.05, 3.63) is 89.6 Å². The number of Topliss-reactive ketones (excluding diaryl/α,β-unsaturated/α-hetero) is 1. The van der Waals surface area contributed by atoms with E-state index in [0.717, 1.165) is 16.6 Å². The summed E-state index contributed by atoms with van der Waals surface area (Å²) < 4.78 is 11.4. The second-order valence-electron chi connectivity index (χ2n) is 9.34.